The second kappa shape index (κ2) is 6.07. The second-order valence-corrected chi connectivity index (χ2v) is 2.38. The molecule has 0 aliphatic rings. The van der Waals surface area contributed by atoms with Gasteiger partial charge in [-0.3, -0.25) is 0 Å². The Labute approximate surface area is 78.6 Å². The highest BCUT2D eigenvalue weighted by Gasteiger charge is 2.29. The van der Waals surface area contributed by atoms with Crippen LogP contribution in [0, 0.1) is 11.3 Å². The van der Waals surface area contributed by atoms with E-state index in [1.165, 1.54) is 0 Å². The molecule has 0 spiro atoms. The molecule has 0 fully saturated rings. The van der Waals surface area contributed by atoms with Crippen LogP contribution < -0.4 is 5.32 Å². The van der Waals surface area contributed by atoms with Crippen molar-refractivity contribution in [1.29, 1.82) is 5.26 Å². The third kappa shape index (κ3) is 8.64. The maximum atomic E-state index is 11.5. The van der Waals surface area contributed by atoms with Crippen LogP contribution in [0.3, 0.4) is 0 Å². The summed E-state index contributed by atoms with van der Waals surface area (Å²) in [6, 6.07) is 1.83. The lowest BCUT2D eigenvalue weighted by Gasteiger charge is -2.08. The van der Waals surface area contributed by atoms with Gasteiger partial charge in [-0.15, -0.1) is 0 Å². The molecule has 0 atom stereocenters. The van der Waals surface area contributed by atoms with E-state index in [-0.39, 0.29) is 13.0 Å². The van der Waals surface area contributed by atoms with Crippen LogP contribution in [-0.2, 0) is 4.74 Å². The minimum Gasteiger partial charge on any atom is -0.440 e. The van der Waals surface area contributed by atoms with E-state index in [0.29, 0.717) is 6.42 Å². The smallest absolute Gasteiger partial charge is 0.422 e. The van der Waals surface area contributed by atoms with Crippen LogP contribution >= 0.6 is 0 Å². The highest BCUT2D eigenvalue weighted by molar-refractivity contribution is 5.67. The standard InChI is InChI=1S/C7H9F3N2O2/c8-7(9,10)5-14-6(13)12-4-2-1-3-11/h1-2,4-5H2,(H,12,13). The Morgan fingerprint density at radius 1 is 1.50 bits per heavy atom. The second-order valence-electron chi connectivity index (χ2n) is 2.38. The summed E-state index contributed by atoms with van der Waals surface area (Å²) in [6.45, 7) is -1.47. The number of hydrogen-bond donors (Lipinski definition) is 1. The zero-order chi connectivity index (χ0) is 11.0. The summed E-state index contributed by atoms with van der Waals surface area (Å²) in [6.07, 6.45) is -5.01. The number of halogens is 3. The SMILES string of the molecule is N#CCCCNC(=O)OCC(F)(F)F. The van der Waals surface area contributed by atoms with Gasteiger partial charge in [-0.05, 0) is 6.42 Å². The topological polar surface area (TPSA) is 62.1 Å². The summed E-state index contributed by atoms with van der Waals surface area (Å²) < 4.78 is 38.4. The molecule has 80 valence electrons. The Balaban J connectivity index is 3.43. The Hall–Kier alpha value is -1.45. The quantitative estimate of drug-likeness (QED) is 0.716. The van der Waals surface area contributed by atoms with E-state index in [4.69, 9.17) is 5.26 Å². The lowest BCUT2D eigenvalue weighted by Crippen LogP contribution is -2.29. The Morgan fingerprint density at radius 3 is 2.64 bits per heavy atom. The summed E-state index contributed by atoms with van der Waals surface area (Å²) >= 11 is 0. The molecule has 0 radical (unpaired) electrons. The van der Waals surface area contributed by atoms with Gasteiger partial charge in [-0.1, -0.05) is 0 Å². The van der Waals surface area contributed by atoms with E-state index in [9.17, 15) is 18.0 Å². The molecule has 0 heterocycles. The molecule has 0 saturated carbocycles. The van der Waals surface area contributed by atoms with E-state index < -0.39 is 18.9 Å². The molecular formula is C7H9F3N2O2. The van der Waals surface area contributed by atoms with Crippen LogP contribution in [0.1, 0.15) is 12.8 Å². The summed E-state index contributed by atoms with van der Waals surface area (Å²) in [7, 11) is 0. The van der Waals surface area contributed by atoms with Gasteiger partial charge in [-0.25, -0.2) is 4.79 Å². The predicted molar refractivity (Wildman–Crippen MR) is 40.3 cm³/mol. The van der Waals surface area contributed by atoms with Gasteiger partial charge in [0.1, 0.15) is 0 Å². The zero-order valence-corrected chi connectivity index (χ0v) is 7.23. The van der Waals surface area contributed by atoms with Crippen LogP contribution in [0.5, 0.6) is 0 Å². The summed E-state index contributed by atoms with van der Waals surface area (Å²) in [5.74, 6) is 0. The van der Waals surface area contributed by atoms with Gasteiger partial charge in [0.2, 0.25) is 0 Å². The van der Waals surface area contributed by atoms with Crippen molar-refractivity contribution in [2.24, 2.45) is 0 Å². The molecule has 7 heteroatoms. The first-order valence-corrected chi connectivity index (χ1v) is 3.80. The van der Waals surface area contributed by atoms with Crippen LogP contribution in [0.2, 0.25) is 0 Å². The number of carbonyl (C=O) groups is 1. The maximum absolute atomic E-state index is 11.5. The number of carbonyl (C=O) groups excluding carboxylic acids is 1. The van der Waals surface area contributed by atoms with Crippen LogP contribution in [0.15, 0.2) is 0 Å². The third-order valence-corrected chi connectivity index (χ3v) is 1.10. The Morgan fingerprint density at radius 2 is 2.14 bits per heavy atom. The van der Waals surface area contributed by atoms with Crippen LogP contribution in [-0.4, -0.2) is 25.4 Å². The number of alkyl carbamates (subject to hydrolysis) is 1. The fraction of sp³-hybridized carbons (Fsp3) is 0.714. The largest absolute Gasteiger partial charge is 0.440 e. The summed E-state index contributed by atoms with van der Waals surface area (Å²) in [5.41, 5.74) is 0. The van der Waals surface area contributed by atoms with Gasteiger partial charge in [0.15, 0.2) is 6.61 Å². The maximum Gasteiger partial charge on any atom is 0.422 e. The lowest BCUT2D eigenvalue weighted by molar-refractivity contribution is -0.160. The number of nitrogens with one attached hydrogen (secondary N) is 1. The summed E-state index contributed by atoms with van der Waals surface area (Å²) in [5, 5.41) is 10.2. The molecule has 0 unspecified atom stereocenters. The van der Waals surface area contributed by atoms with E-state index in [1.807, 2.05) is 6.07 Å². The molecule has 0 rings (SSSR count). The molecule has 0 saturated heterocycles. The molecule has 0 aromatic carbocycles. The first kappa shape index (κ1) is 12.6. The van der Waals surface area contributed by atoms with E-state index >= 15 is 0 Å². The summed E-state index contributed by atoms with van der Waals surface area (Å²) in [4.78, 5) is 10.5. The average molecular weight is 210 g/mol. The number of unbranched alkanes of at least 4 members (excludes halogenated alkanes) is 1. The van der Waals surface area contributed by atoms with Crippen molar-refractivity contribution in [3.8, 4) is 6.07 Å². The fourth-order valence-corrected chi connectivity index (χ4v) is 0.556. The molecule has 0 aliphatic carbocycles. The molecule has 0 aliphatic heterocycles. The van der Waals surface area contributed by atoms with Crippen LogP contribution in [0.25, 0.3) is 0 Å². The molecule has 1 amide bonds. The molecular weight excluding hydrogens is 201 g/mol. The monoisotopic (exact) mass is 210 g/mol. The van der Waals surface area contributed by atoms with Crippen molar-refractivity contribution in [3.63, 3.8) is 0 Å². The van der Waals surface area contributed by atoms with E-state index in [1.54, 1.807) is 0 Å². The van der Waals surface area contributed by atoms with Gasteiger partial charge < -0.3 is 10.1 Å². The zero-order valence-electron chi connectivity index (χ0n) is 7.23. The molecule has 0 aromatic rings. The number of amides is 1. The number of nitriles is 1. The van der Waals surface area contributed by atoms with Crippen molar-refractivity contribution in [3.05, 3.63) is 0 Å². The Kier molecular flexibility index (Phi) is 5.44. The average Bonchev–Trinajstić information content (AvgIpc) is 2.08. The number of ether oxygens (including phenoxy) is 1. The minimum absolute atomic E-state index is 0.129. The van der Waals surface area contributed by atoms with E-state index in [2.05, 4.69) is 10.1 Å². The Bertz CT molecular complexity index is 222. The van der Waals surface area contributed by atoms with Crippen molar-refractivity contribution in [2.75, 3.05) is 13.2 Å². The number of nitrogens with zero attached hydrogens (tertiary/aromatic N) is 1. The number of hydrogen-bond acceptors (Lipinski definition) is 3. The lowest BCUT2D eigenvalue weighted by atomic mass is 10.3. The molecule has 14 heavy (non-hydrogen) atoms. The van der Waals surface area contributed by atoms with Gasteiger partial charge in [0, 0.05) is 13.0 Å². The third-order valence-electron chi connectivity index (χ3n) is 1.10. The first-order chi connectivity index (χ1) is 6.45. The number of alkyl halides is 3. The molecule has 0 aromatic heterocycles. The van der Waals surface area contributed by atoms with Crippen molar-refractivity contribution in [1.82, 2.24) is 5.32 Å². The predicted octanol–water partition coefficient (Wildman–Crippen LogP) is 1.58. The normalized spacial score (nSPS) is 10.4. The van der Waals surface area contributed by atoms with Gasteiger partial charge in [-0.2, -0.15) is 18.4 Å². The van der Waals surface area contributed by atoms with Gasteiger partial charge in [0.05, 0.1) is 6.07 Å². The molecule has 1 N–H and O–H groups in total. The molecule has 0 bridgehead atoms. The minimum atomic E-state index is -4.51. The molecule has 4 nitrogen and oxygen atoms in total. The van der Waals surface area contributed by atoms with Gasteiger partial charge >= 0.3 is 12.3 Å². The van der Waals surface area contributed by atoms with Crippen molar-refractivity contribution < 1.29 is 22.7 Å². The number of rotatable bonds is 4. The van der Waals surface area contributed by atoms with Gasteiger partial charge in [0.25, 0.3) is 0 Å². The highest BCUT2D eigenvalue weighted by atomic mass is 19.4. The van der Waals surface area contributed by atoms with E-state index in [0.717, 1.165) is 0 Å². The van der Waals surface area contributed by atoms with Crippen LogP contribution in [0.4, 0.5) is 18.0 Å². The van der Waals surface area contributed by atoms with Crippen molar-refractivity contribution in [2.45, 2.75) is 19.0 Å². The fourth-order valence-electron chi connectivity index (χ4n) is 0.556. The highest BCUT2D eigenvalue weighted by Crippen LogP contribution is 2.14. The first-order valence-electron chi connectivity index (χ1n) is 3.80. The van der Waals surface area contributed by atoms with Crippen molar-refractivity contribution >= 4 is 6.09 Å².